The van der Waals surface area contributed by atoms with Crippen LogP contribution in [0, 0.1) is 12.3 Å². The first-order valence-electron chi connectivity index (χ1n) is 9.12. The van der Waals surface area contributed by atoms with Crippen molar-refractivity contribution in [3.8, 4) is 11.5 Å². The normalized spacial score (nSPS) is 16.3. The molecule has 2 aromatic carbocycles. The second-order valence-corrected chi connectivity index (χ2v) is 7.00. The van der Waals surface area contributed by atoms with Gasteiger partial charge in [-0.3, -0.25) is 9.59 Å². The summed E-state index contributed by atoms with van der Waals surface area (Å²) in [6, 6.07) is 13.1. The molecule has 2 aromatic rings. The molecule has 1 aliphatic carbocycles. The van der Waals surface area contributed by atoms with E-state index in [2.05, 4.69) is 10.6 Å². The topological polar surface area (TPSA) is 76.7 Å². The van der Waals surface area contributed by atoms with Crippen LogP contribution in [0.5, 0.6) is 11.5 Å². The lowest BCUT2D eigenvalue weighted by Crippen LogP contribution is -2.39. The zero-order chi connectivity index (χ0) is 18.9. The van der Waals surface area contributed by atoms with Crippen LogP contribution in [0.3, 0.4) is 0 Å². The number of anilines is 1. The fraction of sp³-hybridized carbons (Fsp3) is 0.333. The minimum Gasteiger partial charge on any atom is -0.486 e. The Morgan fingerprint density at radius 1 is 1.00 bits per heavy atom. The summed E-state index contributed by atoms with van der Waals surface area (Å²) in [7, 11) is 0. The van der Waals surface area contributed by atoms with Gasteiger partial charge in [-0.25, -0.2) is 0 Å². The summed E-state index contributed by atoms with van der Waals surface area (Å²) in [4.78, 5) is 25.4. The Morgan fingerprint density at radius 2 is 1.74 bits per heavy atom. The van der Waals surface area contributed by atoms with Crippen LogP contribution in [0.1, 0.15) is 24.0 Å². The van der Waals surface area contributed by atoms with E-state index in [1.54, 1.807) is 18.2 Å². The molecule has 4 rings (SSSR count). The van der Waals surface area contributed by atoms with Crippen LogP contribution in [0.25, 0.3) is 0 Å². The van der Waals surface area contributed by atoms with E-state index in [0.29, 0.717) is 49.8 Å². The molecule has 0 radical (unpaired) electrons. The van der Waals surface area contributed by atoms with Crippen molar-refractivity contribution in [3.05, 3.63) is 53.6 Å². The minimum absolute atomic E-state index is 0.221. The zero-order valence-corrected chi connectivity index (χ0v) is 15.2. The Morgan fingerprint density at radius 3 is 2.48 bits per heavy atom. The van der Waals surface area contributed by atoms with E-state index in [0.717, 1.165) is 11.1 Å². The van der Waals surface area contributed by atoms with Gasteiger partial charge in [0, 0.05) is 18.3 Å². The summed E-state index contributed by atoms with van der Waals surface area (Å²) >= 11 is 0. The molecule has 0 spiro atoms. The SMILES string of the molecule is Cc1ccccc1CNC(=O)C1(C(=O)Nc2ccc3c(c2)OCCO3)CC1. The molecular weight excluding hydrogens is 344 g/mol. The maximum absolute atomic E-state index is 12.7. The average molecular weight is 366 g/mol. The largest absolute Gasteiger partial charge is 0.486 e. The Kier molecular flexibility index (Phi) is 4.48. The van der Waals surface area contributed by atoms with Crippen LogP contribution in [0.4, 0.5) is 5.69 Å². The Bertz CT molecular complexity index is 890. The number of ether oxygens (including phenoxy) is 2. The van der Waals surface area contributed by atoms with Crippen molar-refractivity contribution < 1.29 is 19.1 Å². The summed E-state index contributed by atoms with van der Waals surface area (Å²) in [5.41, 5.74) is 1.79. The van der Waals surface area contributed by atoms with E-state index in [4.69, 9.17) is 9.47 Å². The van der Waals surface area contributed by atoms with Crippen LogP contribution in [0.15, 0.2) is 42.5 Å². The number of amides is 2. The van der Waals surface area contributed by atoms with Gasteiger partial charge in [-0.2, -0.15) is 0 Å². The number of nitrogens with one attached hydrogen (secondary N) is 2. The van der Waals surface area contributed by atoms with Gasteiger partial charge < -0.3 is 20.1 Å². The van der Waals surface area contributed by atoms with Crippen LogP contribution in [-0.2, 0) is 16.1 Å². The number of carbonyl (C=O) groups excluding carboxylic acids is 2. The number of benzene rings is 2. The van der Waals surface area contributed by atoms with Gasteiger partial charge in [0.05, 0.1) is 0 Å². The molecule has 140 valence electrons. The van der Waals surface area contributed by atoms with Gasteiger partial charge >= 0.3 is 0 Å². The Balaban J connectivity index is 1.40. The molecule has 1 saturated carbocycles. The molecule has 2 amide bonds. The van der Waals surface area contributed by atoms with Crippen LogP contribution in [0.2, 0.25) is 0 Å². The van der Waals surface area contributed by atoms with E-state index in [-0.39, 0.29) is 11.8 Å². The lowest BCUT2D eigenvalue weighted by atomic mass is 10.0. The van der Waals surface area contributed by atoms with E-state index < -0.39 is 5.41 Å². The number of carbonyl (C=O) groups is 2. The van der Waals surface area contributed by atoms with Crippen molar-refractivity contribution in [1.29, 1.82) is 0 Å². The number of hydrogen-bond donors (Lipinski definition) is 2. The predicted octanol–water partition coefficient (Wildman–Crippen LogP) is 2.80. The molecule has 0 unspecified atom stereocenters. The smallest absolute Gasteiger partial charge is 0.240 e. The molecule has 6 nitrogen and oxygen atoms in total. The minimum atomic E-state index is -0.976. The highest BCUT2D eigenvalue weighted by Gasteiger charge is 2.56. The first kappa shape index (κ1) is 17.4. The van der Waals surface area contributed by atoms with E-state index in [1.165, 1.54) is 0 Å². The molecule has 0 saturated heterocycles. The molecule has 2 N–H and O–H groups in total. The van der Waals surface area contributed by atoms with Crippen molar-refractivity contribution in [2.24, 2.45) is 5.41 Å². The van der Waals surface area contributed by atoms with Gasteiger partial charge in [0.2, 0.25) is 11.8 Å². The summed E-state index contributed by atoms with van der Waals surface area (Å²) in [5, 5.41) is 5.76. The highest BCUT2D eigenvalue weighted by molar-refractivity contribution is 6.13. The van der Waals surface area contributed by atoms with Gasteiger partial charge in [0.25, 0.3) is 0 Å². The standard InChI is InChI=1S/C21H22N2O4/c1-14-4-2-3-5-15(14)13-22-19(24)21(8-9-21)20(25)23-16-6-7-17-18(12-16)27-11-10-26-17/h2-7,12H,8-11,13H2,1H3,(H,22,24)(H,23,25). The number of fused-ring (bicyclic) bond motifs is 1. The maximum Gasteiger partial charge on any atom is 0.240 e. The highest BCUT2D eigenvalue weighted by atomic mass is 16.6. The molecule has 27 heavy (non-hydrogen) atoms. The molecule has 0 aromatic heterocycles. The molecule has 1 heterocycles. The quantitative estimate of drug-likeness (QED) is 0.798. The fourth-order valence-electron chi connectivity index (χ4n) is 3.21. The van der Waals surface area contributed by atoms with E-state index in [1.807, 2.05) is 31.2 Å². The molecule has 2 aliphatic rings. The second kappa shape index (κ2) is 6.95. The molecule has 0 bridgehead atoms. The predicted molar refractivity (Wildman–Crippen MR) is 101 cm³/mol. The summed E-state index contributed by atoms with van der Waals surface area (Å²) in [6.07, 6.45) is 1.12. The monoisotopic (exact) mass is 366 g/mol. The number of hydrogen-bond acceptors (Lipinski definition) is 4. The van der Waals surface area contributed by atoms with Crippen molar-refractivity contribution in [2.75, 3.05) is 18.5 Å². The number of aryl methyl sites for hydroxylation is 1. The van der Waals surface area contributed by atoms with Crippen LogP contribution in [-0.4, -0.2) is 25.0 Å². The summed E-state index contributed by atoms with van der Waals surface area (Å²) < 4.78 is 11.0. The van der Waals surface area contributed by atoms with Gasteiger partial charge in [0.1, 0.15) is 18.6 Å². The molecule has 1 fully saturated rings. The Hall–Kier alpha value is -3.02. The molecule has 6 heteroatoms. The lowest BCUT2D eigenvalue weighted by molar-refractivity contribution is -0.134. The van der Waals surface area contributed by atoms with Gasteiger partial charge in [0.15, 0.2) is 11.5 Å². The Labute approximate surface area is 157 Å². The lowest BCUT2D eigenvalue weighted by Gasteiger charge is -2.20. The molecule has 1 aliphatic heterocycles. The van der Waals surface area contributed by atoms with E-state index >= 15 is 0 Å². The van der Waals surface area contributed by atoms with Crippen molar-refractivity contribution in [2.45, 2.75) is 26.3 Å². The first-order chi connectivity index (χ1) is 13.1. The van der Waals surface area contributed by atoms with E-state index in [9.17, 15) is 9.59 Å². The number of rotatable bonds is 5. The molecular formula is C21H22N2O4. The van der Waals surface area contributed by atoms with Crippen LogP contribution >= 0.6 is 0 Å². The van der Waals surface area contributed by atoms with Crippen LogP contribution < -0.4 is 20.1 Å². The third-order valence-corrected chi connectivity index (χ3v) is 5.12. The second-order valence-electron chi connectivity index (χ2n) is 7.00. The van der Waals surface area contributed by atoms with Gasteiger partial charge in [-0.05, 0) is 43.0 Å². The molecule has 0 atom stereocenters. The summed E-state index contributed by atoms with van der Waals surface area (Å²) in [5.74, 6) is 0.770. The fourth-order valence-corrected chi connectivity index (χ4v) is 3.21. The summed E-state index contributed by atoms with van der Waals surface area (Å²) in [6.45, 7) is 3.42. The highest BCUT2D eigenvalue weighted by Crippen LogP contribution is 2.47. The van der Waals surface area contributed by atoms with Crippen molar-refractivity contribution in [1.82, 2.24) is 5.32 Å². The zero-order valence-electron chi connectivity index (χ0n) is 15.2. The van der Waals surface area contributed by atoms with Crippen molar-refractivity contribution >= 4 is 17.5 Å². The first-order valence-corrected chi connectivity index (χ1v) is 9.12. The van der Waals surface area contributed by atoms with Gasteiger partial charge in [-0.15, -0.1) is 0 Å². The average Bonchev–Trinajstić information content (AvgIpc) is 3.49. The third kappa shape index (κ3) is 3.47. The maximum atomic E-state index is 12.7. The van der Waals surface area contributed by atoms with Gasteiger partial charge in [-0.1, -0.05) is 24.3 Å². The van der Waals surface area contributed by atoms with Crippen molar-refractivity contribution in [3.63, 3.8) is 0 Å². The third-order valence-electron chi connectivity index (χ3n) is 5.12.